The lowest BCUT2D eigenvalue weighted by Crippen LogP contribution is -1.81. The first kappa shape index (κ1) is 3.94. The number of hydrogen-bond donors (Lipinski definition) is 0. The van der Waals surface area contributed by atoms with Crippen LogP contribution in [0.3, 0.4) is 0 Å². The molecule has 0 saturated heterocycles. The molecular formula is C8H10O. The van der Waals surface area contributed by atoms with E-state index < -0.39 is 7.06 Å². The molecule has 9 heavy (non-hydrogen) atoms. The first-order valence-corrected chi connectivity index (χ1v) is 2.76. The standard InChI is InChI=1S/C8H10O/c1-7-4-3-5-8(6-7)9-2/h3-6H,1-2H3/i2D2. The van der Waals surface area contributed by atoms with Gasteiger partial charge in [-0.15, -0.1) is 0 Å². The van der Waals surface area contributed by atoms with Crippen LogP contribution in [0.25, 0.3) is 0 Å². The van der Waals surface area contributed by atoms with Gasteiger partial charge in [0.15, 0.2) is 0 Å². The van der Waals surface area contributed by atoms with Crippen molar-refractivity contribution in [2.45, 2.75) is 6.92 Å². The summed E-state index contributed by atoms with van der Waals surface area (Å²) in [5.74, 6) is 0.583. The van der Waals surface area contributed by atoms with Gasteiger partial charge in [-0.2, -0.15) is 0 Å². The molecule has 0 aliphatic rings. The van der Waals surface area contributed by atoms with Crippen LogP contribution in [0.4, 0.5) is 0 Å². The van der Waals surface area contributed by atoms with Gasteiger partial charge in [0.2, 0.25) is 0 Å². The highest BCUT2D eigenvalue weighted by Gasteiger charge is 1.86. The summed E-state index contributed by atoms with van der Waals surface area (Å²) in [4.78, 5) is 0. The van der Waals surface area contributed by atoms with E-state index in [1.54, 1.807) is 12.1 Å². The van der Waals surface area contributed by atoms with Gasteiger partial charge in [0.1, 0.15) is 5.75 Å². The molecule has 0 unspecified atom stereocenters. The van der Waals surface area contributed by atoms with E-state index in [0.29, 0.717) is 5.75 Å². The largest absolute Gasteiger partial charge is 0.497 e. The second-order valence-electron chi connectivity index (χ2n) is 1.93. The van der Waals surface area contributed by atoms with Gasteiger partial charge in [-0.25, -0.2) is 0 Å². The third kappa shape index (κ3) is 1.46. The topological polar surface area (TPSA) is 9.23 Å². The van der Waals surface area contributed by atoms with E-state index in [4.69, 9.17) is 7.48 Å². The maximum atomic E-state index is 6.83. The highest BCUT2D eigenvalue weighted by Crippen LogP contribution is 2.10. The average Bonchev–Trinajstić information content (AvgIpc) is 1.85. The summed E-state index contributed by atoms with van der Waals surface area (Å²) in [5.41, 5.74) is 1.07. The molecule has 0 aromatic heterocycles. The van der Waals surface area contributed by atoms with Crippen molar-refractivity contribution in [3.8, 4) is 5.75 Å². The predicted molar refractivity (Wildman–Crippen MR) is 37.7 cm³/mol. The van der Waals surface area contributed by atoms with E-state index in [2.05, 4.69) is 0 Å². The molecule has 0 fully saturated rings. The molecule has 1 aromatic carbocycles. The summed E-state index contributed by atoms with van der Waals surface area (Å²) in [6.07, 6.45) is 0. The normalized spacial score (nSPS) is 12.7. The Kier molecular flexibility index (Phi) is 1.11. The summed E-state index contributed by atoms with van der Waals surface area (Å²) in [6, 6.07) is 7.32. The number of aryl methyl sites for hydroxylation is 1. The van der Waals surface area contributed by atoms with Crippen molar-refractivity contribution in [2.75, 3.05) is 7.06 Å². The molecule has 1 heteroatoms. The van der Waals surface area contributed by atoms with Crippen molar-refractivity contribution in [3.05, 3.63) is 29.8 Å². The van der Waals surface area contributed by atoms with Gasteiger partial charge in [-0.05, 0) is 24.6 Å². The Balaban J connectivity index is 2.71. The van der Waals surface area contributed by atoms with Crippen LogP contribution in [0.1, 0.15) is 8.30 Å². The molecule has 48 valence electrons. The second-order valence-corrected chi connectivity index (χ2v) is 1.93. The molecule has 0 atom stereocenters. The number of rotatable bonds is 1. The fraction of sp³-hybridized carbons (Fsp3) is 0.250. The minimum Gasteiger partial charge on any atom is -0.497 e. The van der Waals surface area contributed by atoms with Crippen LogP contribution in [0.15, 0.2) is 24.3 Å². The lowest BCUT2D eigenvalue weighted by Gasteiger charge is -1.97. The maximum Gasteiger partial charge on any atom is 0.119 e. The molecular weight excluding hydrogens is 112 g/mol. The van der Waals surface area contributed by atoms with Gasteiger partial charge in [0.25, 0.3) is 0 Å². The molecule has 0 bridgehead atoms. The van der Waals surface area contributed by atoms with E-state index >= 15 is 0 Å². The van der Waals surface area contributed by atoms with Crippen molar-refractivity contribution >= 4 is 0 Å². The zero-order chi connectivity index (χ0) is 8.27. The molecule has 0 amide bonds. The van der Waals surface area contributed by atoms with E-state index in [1.807, 2.05) is 19.1 Å². The zero-order valence-corrected chi connectivity index (χ0v) is 5.29. The molecule has 1 rings (SSSR count). The molecule has 1 nitrogen and oxygen atoms in total. The highest BCUT2D eigenvalue weighted by molar-refractivity contribution is 5.27. The lowest BCUT2D eigenvalue weighted by molar-refractivity contribution is 0.414. The van der Waals surface area contributed by atoms with Crippen molar-refractivity contribution in [1.29, 1.82) is 0 Å². The van der Waals surface area contributed by atoms with E-state index in [-0.39, 0.29) is 0 Å². The monoisotopic (exact) mass is 124 g/mol. The number of ether oxygens (including phenoxy) is 1. The number of benzene rings is 1. The van der Waals surface area contributed by atoms with Crippen LogP contribution >= 0.6 is 0 Å². The number of methoxy groups -OCH3 is 1. The SMILES string of the molecule is [2H]C([2H])Oc1cccc(C)c1. The predicted octanol–water partition coefficient (Wildman–Crippen LogP) is 2.00. The molecule has 0 heterocycles. The minimum absolute atomic E-state index is 0.583. The van der Waals surface area contributed by atoms with Gasteiger partial charge in [-0.3, -0.25) is 0 Å². The summed E-state index contributed by atoms with van der Waals surface area (Å²) in [7, 11) is -1.24. The van der Waals surface area contributed by atoms with Crippen LogP contribution in [-0.2, 0) is 0 Å². The molecule has 0 radical (unpaired) electrons. The van der Waals surface area contributed by atoms with Gasteiger partial charge >= 0.3 is 0 Å². The molecule has 0 N–H and O–H groups in total. The lowest BCUT2D eigenvalue weighted by atomic mass is 10.2. The summed E-state index contributed by atoms with van der Waals surface area (Å²) in [5, 5.41) is 0. The van der Waals surface area contributed by atoms with E-state index in [0.717, 1.165) is 5.56 Å². The quantitative estimate of drug-likeness (QED) is 0.556. The highest BCUT2D eigenvalue weighted by atomic mass is 16.5. The van der Waals surface area contributed by atoms with Crippen molar-refractivity contribution in [3.63, 3.8) is 0 Å². The Hall–Kier alpha value is -0.980. The van der Waals surface area contributed by atoms with Gasteiger partial charge < -0.3 is 4.74 Å². The van der Waals surface area contributed by atoms with Crippen LogP contribution in [0, 0.1) is 6.92 Å². The smallest absolute Gasteiger partial charge is 0.119 e. The Bertz CT molecular complexity index is 235. The summed E-state index contributed by atoms with van der Waals surface area (Å²) >= 11 is 0. The number of hydrogen-bond acceptors (Lipinski definition) is 1. The van der Waals surface area contributed by atoms with Gasteiger partial charge in [-0.1, -0.05) is 12.1 Å². The van der Waals surface area contributed by atoms with Crippen molar-refractivity contribution in [2.24, 2.45) is 0 Å². The first-order chi connectivity index (χ1) is 5.18. The minimum atomic E-state index is -1.24. The molecule has 0 aliphatic heterocycles. The third-order valence-corrected chi connectivity index (χ3v) is 1.13. The van der Waals surface area contributed by atoms with Crippen LogP contribution < -0.4 is 4.74 Å². The fourth-order valence-corrected chi connectivity index (χ4v) is 0.689. The molecule has 0 aliphatic carbocycles. The molecule has 0 saturated carbocycles. The zero-order valence-electron chi connectivity index (χ0n) is 7.29. The van der Waals surface area contributed by atoms with Crippen LogP contribution in [0.2, 0.25) is 0 Å². The van der Waals surface area contributed by atoms with Crippen LogP contribution in [0.5, 0.6) is 5.75 Å². The summed E-state index contributed by atoms with van der Waals surface area (Å²) < 4.78 is 18.5. The van der Waals surface area contributed by atoms with Crippen LogP contribution in [-0.4, -0.2) is 7.06 Å². The van der Waals surface area contributed by atoms with Gasteiger partial charge in [0, 0.05) is 0 Å². The molecule has 0 spiro atoms. The van der Waals surface area contributed by atoms with Crippen molar-refractivity contribution < 1.29 is 7.48 Å². The fourth-order valence-electron chi connectivity index (χ4n) is 0.689. The average molecular weight is 124 g/mol. The Morgan fingerprint density at radius 3 is 3.11 bits per heavy atom. The third-order valence-electron chi connectivity index (χ3n) is 1.13. The van der Waals surface area contributed by atoms with Crippen molar-refractivity contribution in [1.82, 2.24) is 0 Å². The van der Waals surface area contributed by atoms with Gasteiger partial charge in [0.05, 0.1) is 9.80 Å². The molecule has 1 aromatic rings. The van der Waals surface area contributed by atoms with E-state index in [1.165, 1.54) is 0 Å². The Morgan fingerprint density at radius 2 is 2.44 bits per heavy atom. The Morgan fingerprint density at radius 1 is 1.56 bits per heavy atom. The first-order valence-electron chi connectivity index (χ1n) is 3.92. The summed E-state index contributed by atoms with van der Waals surface area (Å²) in [6.45, 7) is 1.94. The maximum absolute atomic E-state index is 6.83. The van der Waals surface area contributed by atoms with E-state index in [9.17, 15) is 0 Å². The Labute approximate surface area is 58.1 Å². The second kappa shape index (κ2) is 2.53.